The molecule has 0 N–H and O–H groups in total. The van der Waals surface area contributed by atoms with Crippen LogP contribution in [0.1, 0.15) is 6.42 Å². The van der Waals surface area contributed by atoms with E-state index < -0.39 is 5.97 Å². The smallest absolute Gasteiger partial charge is 0.315 e. The average molecular weight is 297 g/mol. The fourth-order valence-electron chi connectivity index (χ4n) is 2.19. The lowest BCUT2D eigenvalue weighted by Gasteiger charge is -2.36. The Bertz CT molecular complexity index is 499. The zero-order valence-corrected chi connectivity index (χ0v) is 12.1. The molecule has 1 aliphatic heterocycles. The molecule has 0 unspecified atom stereocenters. The highest BCUT2D eigenvalue weighted by molar-refractivity contribution is 6.30. The van der Waals surface area contributed by atoms with Crippen LogP contribution in [0, 0.1) is 0 Å². The highest BCUT2D eigenvalue weighted by atomic mass is 35.5. The monoisotopic (exact) mass is 296 g/mol. The van der Waals surface area contributed by atoms with Crippen molar-refractivity contribution in [2.45, 2.75) is 6.42 Å². The fraction of sp³-hybridized carbons (Fsp3) is 0.429. The first-order chi connectivity index (χ1) is 9.60. The number of ether oxygens (including phenoxy) is 1. The van der Waals surface area contributed by atoms with Gasteiger partial charge in [0.1, 0.15) is 6.42 Å². The minimum atomic E-state index is -0.493. The van der Waals surface area contributed by atoms with Gasteiger partial charge < -0.3 is 14.5 Å². The van der Waals surface area contributed by atoms with Gasteiger partial charge in [0.15, 0.2) is 0 Å². The normalized spacial score (nSPS) is 15.1. The molecule has 0 saturated carbocycles. The number of anilines is 1. The van der Waals surface area contributed by atoms with Crippen molar-refractivity contribution in [2.75, 3.05) is 38.2 Å². The van der Waals surface area contributed by atoms with E-state index in [0.717, 1.165) is 18.8 Å². The quantitative estimate of drug-likeness (QED) is 0.627. The van der Waals surface area contributed by atoms with E-state index in [0.29, 0.717) is 18.1 Å². The first-order valence-electron chi connectivity index (χ1n) is 6.45. The molecule has 0 bridgehead atoms. The molecular weight excluding hydrogens is 280 g/mol. The second-order valence-electron chi connectivity index (χ2n) is 4.60. The van der Waals surface area contributed by atoms with Crippen molar-refractivity contribution < 1.29 is 14.3 Å². The summed E-state index contributed by atoms with van der Waals surface area (Å²) in [5, 5.41) is 0.701. The van der Waals surface area contributed by atoms with Crippen LogP contribution in [0.5, 0.6) is 0 Å². The third kappa shape index (κ3) is 3.63. The molecule has 0 spiro atoms. The van der Waals surface area contributed by atoms with Crippen molar-refractivity contribution in [3.05, 3.63) is 29.3 Å². The van der Waals surface area contributed by atoms with E-state index in [9.17, 15) is 9.59 Å². The molecule has 1 fully saturated rings. The second-order valence-corrected chi connectivity index (χ2v) is 5.04. The van der Waals surface area contributed by atoms with E-state index >= 15 is 0 Å². The van der Waals surface area contributed by atoms with Crippen molar-refractivity contribution in [1.29, 1.82) is 0 Å². The number of benzene rings is 1. The van der Waals surface area contributed by atoms with E-state index in [1.165, 1.54) is 7.11 Å². The molecule has 20 heavy (non-hydrogen) atoms. The van der Waals surface area contributed by atoms with Crippen LogP contribution in [-0.2, 0) is 14.3 Å². The van der Waals surface area contributed by atoms with Crippen LogP contribution >= 0.6 is 11.6 Å². The average Bonchev–Trinajstić information content (AvgIpc) is 2.47. The number of amides is 1. The summed E-state index contributed by atoms with van der Waals surface area (Å²) < 4.78 is 4.50. The van der Waals surface area contributed by atoms with Gasteiger partial charge in [0, 0.05) is 36.9 Å². The summed E-state index contributed by atoms with van der Waals surface area (Å²) in [6.07, 6.45) is -0.187. The van der Waals surface area contributed by atoms with Gasteiger partial charge in [-0.2, -0.15) is 0 Å². The maximum Gasteiger partial charge on any atom is 0.315 e. The van der Waals surface area contributed by atoms with Crippen LogP contribution in [0.3, 0.4) is 0 Å². The molecule has 5 nitrogen and oxygen atoms in total. The van der Waals surface area contributed by atoms with Crippen molar-refractivity contribution >= 4 is 29.2 Å². The first kappa shape index (κ1) is 14.7. The number of halogens is 1. The zero-order chi connectivity index (χ0) is 14.5. The summed E-state index contributed by atoms with van der Waals surface area (Å²) >= 11 is 5.97. The Kier molecular flexibility index (Phi) is 4.84. The summed E-state index contributed by atoms with van der Waals surface area (Å²) in [5.41, 5.74) is 1.05. The summed E-state index contributed by atoms with van der Waals surface area (Å²) in [5.74, 6) is -0.671. The number of esters is 1. The molecule has 108 valence electrons. The van der Waals surface area contributed by atoms with Gasteiger partial charge in [-0.3, -0.25) is 9.59 Å². The predicted octanol–water partition coefficient (Wildman–Crippen LogP) is 1.55. The van der Waals surface area contributed by atoms with Gasteiger partial charge in [-0.05, 0) is 18.2 Å². The Morgan fingerprint density at radius 1 is 1.25 bits per heavy atom. The van der Waals surface area contributed by atoms with Crippen LogP contribution < -0.4 is 4.90 Å². The molecular formula is C14H17ClN2O3. The van der Waals surface area contributed by atoms with Crippen molar-refractivity contribution in [3.8, 4) is 0 Å². The Hall–Kier alpha value is -1.75. The third-order valence-corrected chi connectivity index (χ3v) is 3.56. The van der Waals surface area contributed by atoms with Crippen LogP contribution in [0.25, 0.3) is 0 Å². The molecule has 0 aliphatic carbocycles. The summed E-state index contributed by atoms with van der Waals surface area (Å²) in [6.45, 7) is 2.66. The number of rotatable bonds is 3. The standard InChI is InChI=1S/C14H17ClN2O3/c1-20-14(19)10-13(18)17-7-5-16(6-8-17)12-4-2-3-11(15)9-12/h2-4,9H,5-8,10H2,1H3. The van der Waals surface area contributed by atoms with Crippen LogP contribution in [0.4, 0.5) is 5.69 Å². The molecule has 1 aromatic carbocycles. The van der Waals surface area contributed by atoms with Gasteiger partial charge in [-0.15, -0.1) is 0 Å². The lowest BCUT2D eigenvalue weighted by Crippen LogP contribution is -2.49. The van der Waals surface area contributed by atoms with Crippen molar-refractivity contribution in [1.82, 2.24) is 4.90 Å². The minimum absolute atomic E-state index is 0.178. The molecule has 0 atom stereocenters. The lowest BCUT2D eigenvalue weighted by atomic mass is 10.2. The van der Waals surface area contributed by atoms with Crippen LogP contribution in [0.2, 0.25) is 5.02 Å². The lowest BCUT2D eigenvalue weighted by molar-refractivity contribution is -0.146. The maximum atomic E-state index is 11.9. The zero-order valence-electron chi connectivity index (χ0n) is 11.3. The van der Waals surface area contributed by atoms with E-state index in [4.69, 9.17) is 11.6 Å². The molecule has 1 aliphatic rings. The molecule has 0 radical (unpaired) electrons. The summed E-state index contributed by atoms with van der Waals surface area (Å²) in [4.78, 5) is 26.8. The number of carbonyl (C=O) groups is 2. The van der Waals surface area contributed by atoms with E-state index in [-0.39, 0.29) is 12.3 Å². The number of carbonyl (C=O) groups excluding carboxylic acids is 2. The molecule has 1 heterocycles. The second kappa shape index (κ2) is 6.61. The number of methoxy groups -OCH3 is 1. The molecule has 0 aromatic heterocycles. The number of hydrogen-bond acceptors (Lipinski definition) is 4. The predicted molar refractivity (Wildman–Crippen MR) is 76.9 cm³/mol. The van der Waals surface area contributed by atoms with Crippen molar-refractivity contribution in [2.24, 2.45) is 0 Å². The first-order valence-corrected chi connectivity index (χ1v) is 6.83. The SMILES string of the molecule is COC(=O)CC(=O)N1CCN(c2cccc(Cl)c2)CC1. The minimum Gasteiger partial charge on any atom is -0.469 e. The van der Waals surface area contributed by atoms with Gasteiger partial charge in [0.05, 0.1) is 7.11 Å². The van der Waals surface area contributed by atoms with Gasteiger partial charge >= 0.3 is 5.97 Å². The van der Waals surface area contributed by atoms with E-state index in [2.05, 4.69) is 9.64 Å². The Labute approximate surface area is 123 Å². The third-order valence-electron chi connectivity index (χ3n) is 3.33. The highest BCUT2D eigenvalue weighted by Crippen LogP contribution is 2.20. The summed E-state index contributed by atoms with van der Waals surface area (Å²) in [7, 11) is 1.28. The topological polar surface area (TPSA) is 49.9 Å². The Morgan fingerprint density at radius 3 is 2.55 bits per heavy atom. The van der Waals surface area contributed by atoms with Crippen molar-refractivity contribution in [3.63, 3.8) is 0 Å². The van der Waals surface area contributed by atoms with Gasteiger partial charge in [-0.25, -0.2) is 0 Å². The molecule has 1 aromatic rings. The molecule has 6 heteroatoms. The Morgan fingerprint density at radius 2 is 1.95 bits per heavy atom. The summed E-state index contributed by atoms with van der Waals surface area (Å²) in [6, 6.07) is 7.65. The molecule has 1 amide bonds. The highest BCUT2D eigenvalue weighted by Gasteiger charge is 2.23. The Balaban J connectivity index is 1.89. The van der Waals surface area contributed by atoms with Crippen LogP contribution in [-0.4, -0.2) is 50.1 Å². The van der Waals surface area contributed by atoms with Crippen LogP contribution in [0.15, 0.2) is 24.3 Å². The largest absolute Gasteiger partial charge is 0.469 e. The van der Waals surface area contributed by atoms with E-state index in [1.54, 1.807) is 4.90 Å². The molecule has 1 saturated heterocycles. The van der Waals surface area contributed by atoms with E-state index in [1.807, 2.05) is 24.3 Å². The molecule has 2 rings (SSSR count). The number of nitrogens with zero attached hydrogens (tertiary/aromatic N) is 2. The fourth-order valence-corrected chi connectivity index (χ4v) is 2.38. The maximum absolute atomic E-state index is 11.9. The number of hydrogen-bond donors (Lipinski definition) is 0. The number of piperazine rings is 1. The van der Waals surface area contributed by atoms with Gasteiger partial charge in [-0.1, -0.05) is 17.7 Å². The van der Waals surface area contributed by atoms with Gasteiger partial charge in [0.2, 0.25) is 5.91 Å². The van der Waals surface area contributed by atoms with Gasteiger partial charge in [0.25, 0.3) is 0 Å².